The minimum absolute atomic E-state index is 0.157. The van der Waals surface area contributed by atoms with Gasteiger partial charge in [0.2, 0.25) is 0 Å². The van der Waals surface area contributed by atoms with Crippen LogP contribution in [0.1, 0.15) is 132 Å². The molecule has 8 nitrogen and oxygen atoms in total. The molecule has 0 N–H and O–H groups in total. The maximum absolute atomic E-state index is 13.0. The molecule has 2 saturated heterocycles. The van der Waals surface area contributed by atoms with Crippen LogP contribution in [0.2, 0.25) is 0 Å². The molecule has 294 valence electrons. The number of ether oxygens (including phenoxy) is 1. The van der Waals surface area contributed by atoms with E-state index in [1.54, 1.807) is 22.7 Å². The number of thiophene rings is 2. The first-order valence-electron chi connectivity index (χ1n) is 19.9. The molecule has 0 amide bonds. The number of nitrogens with zero attached hydrogens (tertiary/aromatic N) is 4. The zero-order valence-electron chi connectivity index (χ0n) is 34.5. The Morgan fingerprint density at radius 2 is 1.25 bits per heavy atom. The summed E-state index contributed by atoms with van der Waals surface area (Å²) in [7, 11) is 1.44. The number of piperidine rings is 2. The molecule has 2 aromatic rings. The molecule has 2 aromatic heterocycles. The molecule has 2 fully saturated rings. The number of ketones is 2. The summed E-state index contributed by atoms with van der Waals surface area (Å²) in [6.45, 7) is 28.2. The number of Topliss-reactive ketones (excluding diaryl/α,β-unsaturated/α-hetero) is 2. The molecular formula is C43H66N4O4S2. The summed E-state index contributed by atoms with van der Waals surface area (Å²) in [5.41, 5.74) is 6.68. The van der Waals surface area contributed by atoms with Gasteiger partial charge in [0.05, 0.1) is 22.7 Å². The number of rotatable bonds is 13. The maximum atomic E-state index is 13.0. The van der Waals surface area contributed by atoms with E-state index in [2.05, 4.69) is 74.1 Å². The molecule has 0 radical (unpaired) electrons. The van der Waals surface area contributed by atoms with E-state index in [0.29, 0.717) is 49.0 Å². The highest BCUT2D eigenvalue weighted by molar-refractivity contribution is 7.15. The van der Waals surface area contributed by atoms with Crippen molar-refractivity contribution in [3.05, 3.63) is 55.8 Å². The van der Waals surface area contributed by atoms with Crippen LogP contribution < -0.4 is 9.80 Å². The van der Waals surface area contributed by atoms with Crippen molar-refractivity contribution < 1.29 is 19.1 Å². The molecule has 1 aliphatic carbocycles. The Kier molecular flexibility index (Phi) is 16.0. The third-order valence-electron chi connectivity index (χ3n) is 11.6. The summed E-state index contributed by atoms with van der Waals surface area (Å²) in [6.07, 6.45) is 8.25. The summed E-state index contributed by atoms with van der Waals surface area (Å²) in [5.74, 6) is 0.105. The van der Waals surface area contributed by atoms with Crippen LogP contribution in [0.15, 0.2) is 33.6 Å². The summed E-state index contributed by atoms with van der Waals surface area (Å²) >= 11 is 3.37. The van der Waals surface area contributed by atoms with Gasteiger partial charge in [-0.3, -0.25) is 9.59 Å². The lowest BCUT2D eigenvalue weighted by Gasteiger charge is -2.40. The first kappa shape index (κ1) is 42.9. The zero-order valence-corrected chi connectivity index (χ0v) is 36.1. The van der Waals surface area contributed by atoms with E-state index in [1.165, 1.54) is 42.8 Å². The minimum atomic E-state index is -0.231. The normalized spacial score (nSPS) is 18.0. The van der Waals surface area contributed by atoms with Gasteiger partial charge in [-0.15, -0.1) is 22.7 Å². The fourth-order valence-corrected chi connectivity index (χ4v) is 10.8. The van der Waals surface area contributed by atoms with Gasteiger partial charge in [-0.1, -0.05) is 11.6 Å². The van der Waals surface area contributed by atoms with E-state index in [4.69, 9.17) is 4.74 Å². The zero-order chi connectivity index (χ0) is 39.0. The molecule has 10 heteroatoms. The average molecular weight is 767 g/mol. The van der Waals surface area contributed by atoms with Gasteiger partial charge in [-0.05, 0) is 124 Å². The molecule has 0 spiro atoms. The van der Waals surface area contributed by atoms with Crippen molar-refractivity contribution in [2.24, 2.45) is 0 Å². The molecule has 5 rings (SSSR count). The highest BCUT2D eigenvalue weighted by Crippen LogP contribution is 2.37. The quantitative estimate of drug-likeness (QED) is 0.148. The Labute approximate surface area is 328 Å². The van der Waals surface area contributed by atoms with Crippen LogP contribution in [0.25, 0.3) is 0 Å². The third-order valence-corrected chi connectivity index (χ3v) is 13.8. The maximum Gasteiger partial charge on any atom is 0.339 e. The summed E-state index contributed by atoms with van der Waals surface area (Å²) in [5, 5.41) is 6.44. The number of methoxy groups -OCH3 is 1. The monoisotopic (exact) mass is 766 g/mol. The van der Waals surface area contributed by atoms with Gasteiger partial charge in [0.15, 0.2) is 11.6 Å². The van der Waals surface area contributed by atoms with Crippen LogP contribution in [0.3, 0.4) is 0 Å². The minimum Gasteiger partial charge on any atom is -0.465 e. The van der Waals surface area contributed by atoms with E-state index in [1.807, 2.05) is 31.5 Å². The second-order valence-corrected chi connectivity index (χ2v) is 17.3. The van der Waals surface area contributed by atoms with Crippen molar-refractivity contribution in [1.29, 1.82) is 0 Å². The standard InChI is InChI=1S/C26H38N2O2S.C17H28N2O2S/c1-7-28(21-10-12-27(13-11-21)17(2)3)26-20(6)23(16-31-26)24(29)9-8-22-19(5)14-18(4)15-25(22)30;1-6-19(14-7-9-18(10-8-14)12(2)3)16-13(4)15(11-22-16)17(20)21-5/h14,16-17,21H,7-13,15H2,1-6H3;11-12,14H,6-10H2,1-5H3. The summed E-state index contributed by atoms with van der Waals surface area (Å²) in [4.78, 5) is 47.3. The lowest BCUT2D eigenvalue weighted by Crippen LogP contribution is -2.47. The van der Waals surface area contributed by atoms with E-state index in [-0.39, 0.29) is 17.5 Å². The molecule has 0 bridgehead atoms. The van der Waals surface area contributed by atoms with Gasteiger partial charge in [0, 0.05) is 92.6 Å². The van der Waals surface area contributed by atoms with Crippen LogP contribution in [-0.2, 0) is 9.53 Å². The van der Waals surface area contributed by atoms with Crippen molar-refractivity contribution in [2.45, 2.75) is 138 Å². The highest BCUT2D eigenvalue weighted by atomic mass is 32.1. The second-order valence-electron chi connectivity index (χ2n) is 15.6. The van der Waals surface area contributed by atoms with Gasteiger partial charge < -0.3 is 24.3 Å². The first-order valence-corrected chi connectivity index (χ1v) is 21.7. The van der Waals surface area contributed by atoms with Crippen LogP contribution in [-0.4, -0.2) is 97.9 Å². The van der Waals surface area contributed by atoms with E-state index >= 15 is 0 Å². The fraction of sp³-hybridized carbons (Fsp3) is 0.651. The fourth-order valence-electron chi connectivity index (χ4n) is 8.33. The molecule has 53 heavy (non-hydrogen) atoms. The number of anilines is 2. The molecule has 4 heterocycles. The number of carbonyl (C=O) groups excluding carboxylic acids is 3. The largest absolute Gasteiger partial charge is 0.465 e. The highest BCUT2D eigenvalue weighted by Gasteiger charge is 2.30. The predicted molar refractivity (Wildman–Crippen MR) is 225 cm³/mol. The number of allylic oxidation sites excluding steroid dienone is 4. The predicted octanol–water partition coefficient (Wildman–Crippen LogP) is 9.50. The van der Waals surface area contributed by atoms with Gasteiger partial charge >= 0.3 is 5.97 Å². The van der Waals surface area contributed by atoms with E-state index in [9.17, 15) is 14.4 Å². The van der Waals surface area contributed by atoms with Gasteiger partial charge in [0.25, 0.3) is 0 Å². The SMILES string of the molecule is CCN(c1scc(C(=O)CCC2=C(C)C=C(C)CC2=O)c1C)C1CCN(C(C)C)CC1.CCN(c1scc(C(=O)OC)c1C)C1CCN(C(C)C)CC1. The van der Waals surface area contributed by atoms with Crippen LogP contribution >= 0.6 is 22.7 Å². The molecule has 0 saturated carbocycles. The second kappa shape index (κ2) is 19.7. The average Bonchev–Trinajstić information content (AvgIpc) is 3.70. The van der Waals surface area contributed by atoms with Crippen molar-refractivity contribution in [1.82, 2.24) is 9.80 Å². The summed E-state index contributed by atoms with van der Waals surface area (Å²) in [6, 6.07) is 2.36. The number of likely N-dealkylation sites (tertiary alicyclic amines) is 2. The van der Waals surface area contributed by atoms with E-state index in [0.717, 1.165) is 72.7 Å². The van der Waals surface area contributed by atoms with Crippen molar-refractivity contribution in [3.8, 4) is 0 Å². The molecule has 0 aromatic carbocycles. The Bertz CT molecular complexity index is 1620. The Morgan fingerprint density at radius 3 is 1.66 bits per heavy atom. The topological polar surface area (TPSA) is 73.4 Å². The molecule has 2 aliphatic heterocycles. The third kappa shape index (κ3) is 10.5. The lowest BCUT2D eigenvalue weighted by atomic mass is 9.89. The van der Waals surface area contributed by atoms with Crippen LogP contribution in [0.5, 0.6) is 0 Å². The Balaban J connectivity index is 0.000000251. The molecule has 0 atom stereocenters. The first-order chi connectivity index (χ1) is 25.2. The van der Waals surface area contributed by atoms with Crippen molar-refractivity contribution in [3.63, 3.8) is 0 Å². The number of hydrogen-bond acceptors (Lipinski definition) is 10. The van der Waals surface area contributed by atoms with Gasteiger partial charge in [-0.25, -0.2) is 4.79 Å². The number of hydrogen-bond donors (Lipinski definition) is 0. The number of esters is 1. The lowest BCUT2D eigenvalue weighted by molar-refractivity contribution is -0.115. The molecule has 3 aliphatic rings. The Hall–Kier alpha value is -2.79. The van der Waals surface area contributed by atoms with Gasteiger partial charge in [-0.2, -0.15) is 0 Å². The van der Waals surface area contributed by atoms with Crippen molar-refractivity contribution in [2.75, 3.05) is 56.2 Å². The molecular weight excluding hydrogens is 701 g/mol. The van der Waals surface area contributed by atoms with Crippen LogP contribution in [0, 0.1) is 13.8 Å². The van der Waals surface area contributed by atoms with Crippen molar-refractivity contribution >= 4 is 50.2 Å². The Morgan fingerprint density at radius 1 is 0.792 bits per heavy atom. The number of carbonyl (C=O) groups is 3. The molecule has 0 unspecified atom stereocenters. The van der Waals surface area contributed by atoms with Gasteiger partial charge in [0.1, 0.15) is 0 Å². The smallest absolute Gasteiger partial charge is 0.339 e. The van der Waals surface area contributed by atoms with E-state index < -0.39 is 0 Å². The summed E-state index contributed by atoms with van der Waals surface area (Å²) < 4.78 is 4.87. The van der Waals surface area contributed by atoms with Crippen LogP contribution in [0.4, 0.5) is 10.0 Å².